The van der Waals surface area contributed by atoms with Crippen LogP contribution in [0.2, 0.25) is 0 Å². The van der Waals surface area contributed by atoms with E-state index in [-0.39, 0.29) is 42.9 Å². The van der Waals surface area contributed by atoms with Crippen molar-refractivity contribution >= 4 is 30.8 Å². The van der Waals surface area contributed by atoms with Gasteiger partial charge in [0, 0.05) is 12.7 Å². The third kappa shape index (κ3) is 3.07. The minimum absolute atomic E-state index is 0. The van der Waals surface area contributed by atoms with Gasteiger partial charge in [0.05, 0.1) is 19.3 Å². The van der Waals surface area contributed by atoms with Crippen LogP contribution in [0.1, 0.15) is 12.5 Å². The lowest BCUT2D eigenvalue weighted by molar-refractivity contribution is -0.142. The number of halogens is 2. The monoisotopic (exact) mass is 268 g/mol. The summed E-state index contributed by atoms with van der Waals surface area (Å²) in [5, 5.41) is 10.7. The van der Waals surface area contributed by atoms with E-state index in [0.717, 1.165) is 6.54 Å². The van der Waals surface area contributed by atoms with Gasteiger partial charge in [0.2, 0.25) is 0 Å². The summed E-state index contributed by atoms with van der Waals surface area (Å²) < 4.78 is 6.41. The molecule has 8 heteroatoms. The molecule has 0 radical (unpaired) electrons. The van der Waals surface area contributed by atoms with Gasteiger partial charge < -0.3 is 10.1 Å². The Balaban J connectivity index is 0.00000112. The highest BCUT2D eigenvalue weighted by Crippen LogP contribution is 2.18. The third-order valence-corrected chi connectivity index (χ3v) is 2.41. The number of methoxy groups -OCH3 is 1. The second-order valence-corrected chi connectivity index (χ2v) is 3.26. The van der Waals surface area contributed by atoms with Crippen molar-refractivity contribution in [1.82, 2.24) is 20.3 Å². The minimum Gasteiger partial charge on any atom is -0.468 e. The predicted molar refractivity (Wildman–Crippen MR) is 62.0 cm³/mol. The van der Waals surface area contributed by atoms with E-state index in [4.69, 9.17) is 0 Å². The molecule has 16 heavy (non-hydrogen) atoms. The van der Waals surface area contributed by atoms with Gasteiger partial charge in [-0.2, -0.15) is 0 Å². The number of hydrogen-bond donors (Lipinski definition) is 1. The smallest absolute Gasteiger partial charge is 0.322 e. The molecule has 2 atom stereocenters. The third-order valence-electron chi connectivity index (χ3n) is 2.41. The molecule has 1 aliphatic heterocycles. The maximum absolute atomic E-state index is 11.2. The van der Waals surface area contributed by atoms with Gasteiger partial charge in [0.25, 0.3) is 0 Å². The second-order valence-electron chi connectivity index (χ2n) is 3.26. The van der Waals surface area contributed by atoms with Gasteiger partial charge in [-0.15, -0.1) is 29.9 Å². The Hall–Kier alpha value is -0.850. The Morgan fingerprint density at radius 3 is 2.88 bits per heavy atom. The van der Waals surface area contributed by atoms with Crippen LogP contribution in [0.15, 0.2) is 12.4 Å². The molecular weight excluding hydrogens is 255 g/mol. The molecule has 1 aromatic rings. The Bertz CT molecular complexity index is 320. The van der Waals surface area contributed by atoms with Crippen molar-refractivity contribution in [2.45, 2.75) is 18.5 Å². The van der Waals surface area contributed by atoms with Crippen molar-refractivity contribution in [3.63, 3.8) is 0 Å². The van der Waals surface area contributed by atoms with Crippen LogP contribution in [0.5, 0.6) is 0 Å². The summed E-state index contributed by atoms with van der Waals surface area (Å²) in [6.45, 7) is 0.725. The Morgan fingerprint density at radius 2 is 2.31 bits per heavy atom. The van der Waals surface area contributed by atoms with Crippen LogP contribution in [0, 0.1) is 0 Å². The first-order valence-electron chi connectivity index (χ1n) is 4.48. The molecule has 1 fully saturated rings. The van der Waals surface area contributed by atoms with Gasteiger partial charge in [-0.1, -0.05) is 5.21 Å². The number of rotatable bonds is 2. The first-order chi connectivity index (χ1) is 6.81. The fourth-order valence-corrected chi connectivity index (χ4v) is 1.65. The van der Waals surface area contributed by atoms with Gasteiger partial charge in [-0.05, 0) is 6.42 Å². The van der Waals surface area contributed by atoms with E-state index >= 15 is 0 Å². The fraction of sp³-hybridized carbons (Fsp3) is 0.625. The summed E-state index contributed by atoms with van der Waals surface area (Å²) >= 11 is 0. The predicted octanol–water partition coefficient (Wildman–Crippen LogP) is 0.198. The quantitative estimate of drug-likeness (QED) is 0.777. The molecule has 6 nitrogen and oxygen atoms in total. The highest BCUT2D eigenvalue weighted by molar-refractivity contribution is 5.85. The molecule has 2 rings (SSSR count). The number of nitrogens with zero attached hydrogens (tertiary/aromatic N) is 3. The highest BCUT2D eigenvalue weighted by atomic mass is 35.5. The Labute approximate surface area is 106 Å². The zero-order valence-electron chi connectivity index (χ0n) is 8.70. The molecule has 0 aromatic carbocycles. The van der Waals surface area contributed by atoms with Crippen LogP contribution in [-0.2, 0) is 9.53 Å². The SMILES string of the molecule is COC(=O)[C@@H]1C[C@H](n2ccnn2)CN1.Cl.Cl. The lowest BCUT2D eigenvalue weighted by atomic mass is 10.2. The van der Waals surface area contributed by atoms with Crippen molar-refractivity contribution < 1.29 is 9.53 Å². The summed E-state index contributed by atoms with van der Waals surface area (Å²) in [5.41, 5.74) is 0. The standard InChI is InChI=1S/C8H12N4O2.2ClH/c1-14-8(13)7-4-6(5-9-7)12-3-2-10-11-12;;/h2-3,6-7,9H,4-5H2,1H3;2*1H/t6-,7-;;/m0../s1. The van der Waals surface area contributed by atoms with E-state index in [1.54, 1.807) is 17.1 Å². The molecule has 0 spiro atoms. The lowest BCUT2D eigenvalue weighted by Gasteiger charge is -2.08. The van der Waals surface area contributed by atoms with E-state index in [1.807, 2.05) is 0 Å². The maximum Gasteiger partial charge on any atom is 0.322 e. The normalized spacial score (nSPS) is 23.1. The first kappa shape index (κ1) is 15.2. The van der Waals surface area contributed by atoms with Crippen LogP contribution in [0.3, 0.4) is 0 Å². The Kier molecular flexibility index (Phi) is 6.32. The average Bonchev–Trinajstić information content (AvgIpc) is 2.86. The van der Waals surface area contributed by atoms with E-state index < -0.39 is 0 Å². The molecule has 0 amide bonds. The topological polar surface area (TPSA) is 69.0 Å². The molecule has 0 unspecified atom stereocenters. The maximum atomic E-state index is 11.2. The summed E-state index contributed by atoms with van der Waals surface area (Å²) in [6, 6.07) is -0.0178. The number of carbonyl (C=O) groups is 1. The molecule has 2 heterocycles. The number of esters is 1. The number of ether oxygens (including phenoxy) is 1. The summed E-state index contributed by atoms with van der Waals surface area (Å²) in [5.74, 6) is -0.215. The molecule has 1 N–H and O–H groups in total. The number of nitrogens with one attached hydrogen (secondary N) is 1. The van der Waals surface area contributed by atoms with E-state index in [9.17, 15) is 4.79 Å². The molecule has 0 saturated carbocycles. The van der Waals surface area contributed by atoms with Crippen LogP contribution >= 0.6 is 24.8 Å². The van der Waals surface area contributed by atoms with Crippen molar-refractivity contribution in [1.29, 1.82) is 0 Å². The van der Waals surface area contributed by atoms with Gasteiger partial charge >= 0.3 is 5.97 Å². The summed E-state index contributed by atoms with van der Waals surface area (Å²) in [4.78, 5) is 11.2. The molecule has 1 aromatic heterocycles. The summed E-state index contributed by atoms with van der Waals surface area (Å²) in [7, 11) is 1.40. The zero-order valence-corrected chi connectivity index (χ0v) is 10.3. The Morgan fingerprint density at radius 1 is 1.56 bits per heavy atom. The van der Waals surface area contributed by atoms with Gasteiger partial charge in [-0.3, -0.25) is 4.79 Å². The first-order valence-corrected chi connectivity index (χ1v) is 4.48. The largest absolute Gasteiger partial charge is 0.468 e. The van der Waals surface area contributed by atoms with Crippen molar-refractivity contribution in [2.24, 2.45) is 0 Å². The van der Waals surface area contributed by atoms with E-state index in [2.05, 4.69) is 20.4 Å². The highest BCUT2D eigenvalue weighted by Gasteiger charge is 2.31. The van der Waals surface area contributed by atoms with Gasteiger partial charge in [-0.25, -0.2) is 4.68 Å². The number of hydrogen-bond acceptors (Lipinski definition) is 5. The lowest BCUT2D eigenvalue weighted by Crippen LogP contribution is -2.31. The number of carbonyl (C=O) groups excluding carboxylic acids is 1. The number of aromatic nitrogens is 3. The van der Waals surface area contributed by atoms with Crippen molar-refractivity contribution in [2.75, 3.05) is 13.7 Å². The molecular formula is C8H14Cl2N4O2. The van der Waals surface area contributed by atoms with Gasteiger partial charge in [0.15, 0.2) is 0 Å². The summed E-state index contributed by atoms with van der Waals surface area (Å²) in [6.07, 6.45) is 4.13. The van der Waals surface area contributed by atoms with Gasteiger partial charge in [0.1, 0.15) is 6.04 Å². The second kappa shape index (κ2) is 6.67. The van der Waals surface area contributed by atoms with E-state index in [1.165, 1.54) is 7.11 Å². The van der Waals surface area contributed by atoms with Crippen molar-refractivity contribution in [3.8, 4) is 0 Å². The molecule has 92 valence electrons. The molecule has 1 aliphatic rings. The zero-order chi connectivity index (χ0) is 9.97. The average molecular weight is 269 g/mol. The van der Waals surface area contributed by atoms with Crippen molar-refractivity contribution in [3.05, 3.63) is 12.4 Å². The van der Waals surface area contributed by atoms with Crippen LogP contribution in [0.25, 0.3) is 0 Å². The van der Waals surface area contributed by atoms with Crippen LogP contribution < -0.4 is 5.32 Å². The van der Waals surface area contributed by atoms with Crippen LogP contribution in [0.4, 0.5) is 0 Å². The van der Waals surface area contributed by atoms with E-state index in [0.29, 0.717) is 6.42 Å². The molecule has 1 saturated heterocycles. The minimum atomic E-state index is -0.215. The van der Waals surface area contributed by atoms with Crippen LogP contribution in [-0.4, -0.2) is 40.7 Å². The molecule has 0 bridgehead atoms. The fourth-order valence-electron chi connectivity index (χ4n) is 1.65. The molecule has 0 aliphatic carbocycles.